The molecule has 0 saturated carbocycles. The van der Waals surface area contributed by atoms with E-state index in [1.807, 2.05) is 6.92 Å². The first-order valence-corrected chi connectivity index (χ1v) is 8.08. The molecule has 2 heterocycles. The number of sulfonamides is 1. The summed E-state index contributed by atoms with van der Waals surface area (Å²) in [4.78, 5) is 12.2. The molecule has 0 aromatic carbocycles. The van der Waals surface area contributed by atoms with Crippen LogP contribution in [0.15, 0.2) is 17.2 Å². The Hall–Kier alpha value is -1.38. The Labute approximate surface area is 118 Å². The minimum absolute atomic E-state index is 0.0330. The topological polar surface area (TPSA) is 103 Å². The summed E-state index contributed by atoms with van der Waals surface area (Å²) in [6.45, 7) is 3.51. The fourth-order valence-corrected chi connectivity index (χ4v) is 2.76. The molecule has 1 aromatic heterocycles. The van der Waals surface area contributed by atoms with Gasteiger partial charge in [-0.25, -0.2) is 13.6 Å². The number of ether oxygens (including phenoxy) is 1. The third-order valence-electron chi connectivity index (χ3n) is 3.27. The van der Waals surface area contributed by atoms with Gasteiger partial charge < -0.3 is 14.6 Å². The molecular formula is C12H19N3O4S. The minimum atomic E-state index is -3.81. The molecule has 20 heavy (non-hydrogen) atoms. The molecule has 2 rings (SSSR count). The van der Waals surface area contributed by atoms with E-state index in [4.69, 9.17) is 9.88 Å². The zero-order valence-corrected chi connectivity index (χ0v) is 12.1. The average Bonchev–Trinajstić information content (AvgIpc) is 2.84. The largest absolute Gasteiger partial charge is 0.379 e. The number of hydrogen-bond acceptors (Lipinski definition) is 4. The van der Waals surface area contributed by atoms with Crippen LogP contribution in [0, 0.1) is 0 Å². The quantitative estimate of drug-likeness (QED) is 0.821. The minimum Gasteiger partial charge on any atom is -0.379 e. The number of nitrogens with two attached hydrogens (primary N) is 1. The van der Waals surface area contributed by atoms with E-state index in [0.717, 1.165) is 12.8 Å². The van der Waals surface area contributed by atoms with Crippen molar-refractivity contribution in [3.63, 3.8) is 0 Å². The van der Waals surface area contributed by atoms with Gasteiger partial charge in [0.25, 0.3) is 5.91 Å². The molecule has 1 unspecified atom stereocenters. The molecule has 1 aliphatic rings. The molecule has 1 aliphatic heterocycles. The van der Waals surface area contributed by atoms with Crippen LogP contribution in [0.5, 0.6) is 0 Å². The highest BCUT2D eigenvalue weighted by atomic mass is 32.2. The van der Waals surface area contributed by atoms with Crippen molar-refractivity contribution in [2.45, 2.75) is 37.2 Å². The van der Waals surface area contributed by atoms with Crippen LogP contribution >= 0.6 is 0 Å². The number of amides is 1. The molecule has 0 aliphatic carbocycles. The highest BCUT2D eigenvalue weighted by molar-refractivity contribution is 7.89. The zero-order chi connectivity index (χ0) is 14.8. The van der Waals surface area contributed by atoms with E-state index in [-0.39, 0.29) is 16.8 Å². The predicted octanol–water partition coefficient (Wildman–Crippen LogP) is 0.0642. The van der Waals surface area contributed by atoms with E-state index < -0.39 is 10.0 Å². The maximum Gasteiger partial charge on any atom is 0.268 e. The van der Waals surface area contributed by atoms with Gasteiger partial charge in [0, 0.05) is 19.3 Å². The lowest BCUT2D eigenvalue weighted by Crippen LogP contribution is -2.41. The molecular weight excluding hydrogens is 282 g/mol. The highest BCUT2D eigenvalue weighted by Gasteiger charge is 2.21. The Balaban J connectivity index is 2.18. The molecule has 1 amide bonds. The predicted molar refractivity (Wildman–Crippen MR) is 72.8 cm³/mol. The Kier molecular flexibility index (Phi) is 4.46. The van der Waals surface area contributed by atoms with E-state index in [2.05, 4.69) is 5.32 Å². The summed E-state index contributed by atoms with van der Waals surface area (Å²) in [7, 11) is -3.81. The summed E-state index contributed by atoms with van der Waals surface area (Å²) >= 11 is 0. The number of nitrogens with zero attached hydrogens (tertiary/aromatic N) is 1. The Morgan fingerprint density at radius 1 is 1.60 bits per heavy atom. The molecule has 3 N–H and O–H groups in total. The summed E-state index contributed by atoms with van der Waals surface area (Å²) in [5, 5.41) is 7.94. The van der Waals surface area contributed by atoms with E-state index in [1.165, 1.54) is 12.3 Å². The van der Waals surface area contributed by atoms with Crippen LogP contribution in [-0.2, 0) is 21.3 Å². The van der Waals surface area contributed by atoms with Crippen LogP contribution in [0.25, 0.3) is 0 Å². The molecule has 1 saturated heterocycles. The first-order valence-electron chi connectivity index (χ1n) is 6.53. The van der Waals surface area contributed by atoms with Crippen molar-refractivity contribution < 1.29 is 17.9 Å². The zero-order valence-electron chi connectivity index (χ0n) is 11.3. The van der Waals surface area contributed by atoms with Gasteiger partial charge in [0.1, 0.15) is 10.6 Å². The van der Waals surface area contributed by atoms with E-state index in [9.17, 15) is 13.2 Å². The highest BCUT2D eigenvalue weighted by Crippen LogP contribution is 2.14. The maximum atomic E-state index is 12.2. The van der Waals surface area contributed by atoms with Crippen LogP contribution in [0.2, 0.25) is 0 Å². The molecule has 1 fully saturated rings. The number of carbonyl (C=O) groups excluding carboxylic acids is 1. The second-order valence-electron chi connectivity index (χ2n) is 4.78. The van der Waals surface area contributed by atoms with Crippen LogP contribution in [-0.4, -0.2) is 38.1 Å². The van der Waals surface area contributed by atoms with Crippen molar-refractivity contribution in [2.24, 2.45) is 5.14 Å². The van der Waals surface area contributed by atoms with Crippen molar-refractivity contribution in [3.05, 3.63) is 18.0 Å². The molecule has 1 aromatic rings. The van der Waals surface area contributed by atoms with E-state index in [0.29, 0.717) is 25.5 Å². The summed E-state index contributed by atoms with van der Waals surface area (Å²) in [6.07, 6.45) is 3.14. The standard InChI is InChI=1S/C12H19N3O4S/c1-2-15-7-10(20(13,17)18)6-11(15)12(16)14-9-4-3-5-19-8-9/h6-7,9H,2-5,8H2,1H3,(H,14,16)(H2,13,17,18). The average molecular weight is 301 g/mol. The fourth-order valence-electron chi connectivity index (χ4n) is 2.21. The molecule has 1 atom stereocenters. The number of rotatable bonds is 4. The Morgan fingerprint density at radius 3 is 2.90 bits per heavy atom. The summed E-state index contributed by atoms with van der Waals surface area (Å²) in [5.41, 5.74) is 0.294. The first kappa shape index (κ1) is 15.0. The lowest BCUT2D eigenvalue weighted by atomic mass is 10.1. The van der Waals surface area contributed by atoms with Crippen LogP contribution in [0.4, 0.5) is 0 Å². The van der Waals surface area contributed by atoms with E-state index in [1.54, 1.807) is 4.57 Å². The number of nitrogens with one attached hydrogen (secondary N) is 1. The van der Waals surface area contributed by atoms with Crippen molar-refractivity contribution >= 4 is 15.9 Å². The number of primary sulfonamides is 1. The van der Waals surface area contributed by atoms with Gasteiger partial charge in [0.2, 0.25) is 10.0 Å². The third-order valence-corrected chi connectivity index (χ3v) is 4.15. The lowest BCUT2D eigenvalue weighted by molar-refractivity contribution is 0.0620. The maximum absolute atomic E-state index is 12.2. The summed E-state index contributed by atoms with van der Waals surface area (Å²) in [6, 6.07) is 1.27. The lowest BCUT2D eigenvalue weighted by Gasteiger charge is -2.23. The van der Waals surface area contributed by atoms with Gasteiger partial charge in [-0.3, -0.25) is 4.79 Å². The number of hydrogen-bond donors (Lipinski definition) is 2. The molecule has 0 spiro atoms. The number of carbonyl (C=O) groups is 1. The van der Waals surface area contributed by atoms with Crippen molar-refractivity contribution in [3.8, 4) is 0 Å². The van der Waals surface area contributed by atoms with Crippen molar-refractivity contribution in [1.29, 1.82) is 0 Å². The SMILES string of the molecule is CCn1cc(S(N)(=O)=O)cc1C(=O)NC1CCCOC1. The van der Waals surface area contributed by atoms with Gasteiger partial charge in [0.15, 0.2) is 0 Å². The third kappa shape index (κ3) is 3.38. The van der Waals surface area contributed by atoms with Gasteiger partial charge in [-0.1, -0.05) is 0 Å². The molecule has 0 bridgehead atoms. The molecule has 7 nitrogen and oxygen atoms in total. The Bertz CT molecular complexity index is 588. The van der Waals surface area contributed by atoms with Gasteiger partial charge in [-0.15, -0.1) is 0 Å². The normalized spacial score (nSPS) is 19.8. The van der Waals surface area contributed by atoms with Gasteiger partial charge in [-0.2, -0.15) is 0 Å². The summed E-state index contributed by atoms with van der Waals surface area (Å²) in [5.74, 6) is -0.308. The monoisotopic (exact) mass is 301 g/mol. The molecule has 112 valence electrons. The molecule has 0 radical (unpaired) electrons. The number of aryl methyl sites for hydroxylation is 1. The van der Waals surface area contributed by atoms with E-state index >= 15 is 0 Å². The second kappa shape index (κ2) is 5.94. The second-order valence-corrected chi connectivity index (χ2v) is 6.34. The smallest absolute Gasteiger partial charge is 0.268 e. The van der Waals surface area contributed by atoms with Crippen molar-refractivity contribution in [1.82, 2.24) is 9.88 Å². The van der Waals surface area contributed by atoms with Crippen LogP contribution in [0.1, 0.15) is 30.3 Å². The molecule has 8 heteroatoms. The summed E-state index contributed by atoms with van der Waals surface area (Å²) < 4.78 is 29.5. The van der Waals surface area contributed by atoms with Crippen molar-refractivity contribution in [2.75, 3.05) is 13.2 Å². The van der Waals surface area contributed by atoms with Gasteiger partial charge in [-0.05, 0) is 25.8 Å². The first-order chi connectivity index (χ1) is 9.41. The number of aromatic nitrogens is 1. The van der Waals surface area contributed by atoms with Crippen LogP contribution in [0.3, 0.4) is 0 Å². The van der Waals surface area contributed by atoms with Gasteiger partial charge >= 0.3 is 0 Å². The van der Waals surface area contributed by atoms with Crippen LogP contribution < -0.4 is 10.5 Å². The Morgan fingerprint density at radius 2 is 2.35 bits per heavy atom. The fraction of sp³-hybridized carbons (Fsp3) is 0.583. The van der Waals surface area contributed by atoms with Gasteiger partial charge in [0.05, 0.1) is 12.6 Å².